The molecule has 0 spiro atoms. The van der Waals surface area contributed by atoms with Crippen LogP contribution in [0.15, 0.2) is 18.2 Å². The first-order valence-corrected chi connectivity index (χ1v) is 7.68. The van der Waals surface area contributed by atoms with Crippen molar-refractivity contribution in [3.05, 3.63) is 29.3 Å². The second kappa shape index (κ2) is 6.83. The third kappa shape index (κ3) is 4.38. The van der Waals surface area contributed by atoms with Crippen molar-refractivity contribution in [1.82, 2.24) is 10.2 Å². The summed E-state index contributed by atoms with van der Waals surface area (Å²) in [7, 11) is 0. The number of aryl methyl sites for hydroxylation is 2. The molecule has 2 rings (SSSR count). The van der Waals surface area contributed by atoms with Crippen LogP contribution in [0.2, 0.25) is 0 Å². The van der Waals surface area contributed by atoms with Crippen LogP contribution in [0.3, 0.4) is 0 Å². The number of benzene rings is 1. The molecule has 1 saturated heterocycles. The molecule has 1 aliphatic heterocycles. The van der Waals surface area contributed by atoms with Crippen molar-refractivity contribution in [3.8, 4) is 5.75 Å². The van der Waals surface area contributed by atoms with Gasteiger partial charge in [0.15, 0.2) is 6.73 Å². The Bertz CT molecular complexity index is 492. The third-order valence-electron chi connectivity index (χ3n) is 3.94. The lowest BCUT2D eigenvalue weighted by atomic mass is 9.92. The minimum absolute atomic E-state index is 0.0295. The van der Waals surface area contributed by atoms with Gasteiger partial charge in [-0.05, 0) is 43.7 Å². The Morgan fingerprint density at radius 2 is 1.95 bits per heavy atom. The number of nitrogens with one attached hydrogen (secondary N) is 1. The quantitative estimate of drug-likeness (QED) is 0.868. The van der Waals surface area contributed by atoms with E-state index in [9.17, 15) is 4.79 Å². The molecular weight excluding hydrogens is 264 g/mol. The van der Waals surface area contributed by atoms with E-state index in [-0.39, 0.29) is 12.8 Å². The van der Waals surface area contributed by atoms with Crippen LogP contribution >= 0.6 is 0 Å². The Kier molecular flexibility index (Phi) is 5.10. The van der Waals surface area contributed by atoms with Gasteiger partial charge in [-0.2, -0.15) is 0 Å². The Morgan fingerprint density at radius 1 is 1.29 bits per heavy atom. The minimum atomic E-state index is -0.0295. The Hall–Kier alpha value is -1.71. The van der Waals surface area contributed by atoms with Gasteiger partial charge in [-0.25, -0.2) is 4.79 Å². The zero-order valence-corrected chi connectivity index (χ0v) is 13.5. The van der Waals surface area contributed by atoms with Gasteiger partial charge in [0.1, 0.15) is 5.75 Å². The van der Waals surface area contributed by atoms with E-state index >= 15 is 0 Å². The summed E-state index contributed by atoms with van der Waals surface area (Å²) in [5.74, 6) is 1.96. The molecule has 1 fully saturated rings. The van der Waals surface area contributed by atoms with Crippen LogP contribution in [-0.2, 0) is 0 Å². The normalized spacial score (nSPS) is 22.0. The summed E-state index contributed by atoms with van der Waals surface area (Å²) in [6.07, 6.45) is 1.20. The maximum absolute atomic E-state index is 12.2. The first-order chi connectivity index (χ1) is 9.95. The van der Waals surface area contributed by atoms with Gasteiger partial charge in [-0.15, -0.1) is 0 Å². The van der Waals surface area contributed by atoms with Gasteiger partial charge in [0.25, 0.3) is 0 Å². The number of rotatable bonds is 3. The Labute approximate surface area is 127 Å². The van der Waals surface area contributed by atoms with Crippen molar-refractivity contribution >= 4 is 6.03 Å². The number of nitrogens with zero attached hydrogens (tertiary/aromatic N) is 1. The zero-order valence-electron chi connectivity index (χ0n) is 13.5. The fraction of sp³-hybridized carbons (Fsp3) is 0.588. The summed E-state index contributed by atoms with van der Waals surface area (Å²) >= 11 is 0. The average Bonchev–Trinajstić information content (AvgIpc) is 2.40. The van der Waals surface area contributed by atoms with E-state index in [1.54, 1.807) is 0 Å². The summed E-state index contributed by atoms with van der Waals surface area (Å²) in [4.78, 5) is 14.0. The van der Waals surface area contributed by atoms with E-state index in [2.05, 4.69) is 32.2 Å². The van der Waals surface area contributed by atoms with Crippen LogP contribution in [0.4, 0.5) is 4.79 Å². The average molecular weight is 290 g/mol. The maximum Gasteiger partial charge on any atom is 0.320 e. The van der Waals surface area contributed by atoms with Crippen molar-refractivity contribution in [1.29, 1.82) is 0 Å². The fourth-order valence-corrected chi connectivity index (χ4v) is 3.08. The van der Waals surface area contributed by atoms with Crippen LogP contribution in [0, 0.1) is 25.7 Å². The molecular formula is C17H26N2O2. The fourth-order valence-electron chi connectivity index (χ4n) is 3.08. The van der Waals surface area contributed by atoms with Gasteiger partial charge in [0.2, 0.25) is 0 Å². The second-order valence-corrected chi connectivity index (χ2v) is 6.39. The molecule has 1 aromatic carbocycles. The molecule has 1 aliphatic rings. The van der Waals surface area contributed by atoms with Crippen molar-refractivity contribution in [3.63, 3.8) is 0 Å². The van der Waals surface area contributed by atoms with E-state index in [4.69, 9.17) is 4.74 Å². The standard InChI is InChI=1S/C17H26N2O2/c1-12-5-6-16(15(4)8-12)21-11-18-17(20)19-9-13(2)7-14(3)10-19/h5-6,8,13-14H,7,9-11H2,1-4H3,(H,18,20). The highest BCUT2D eigenvalue weighted by atomic mass is 16.5. The first-order valence-electron chi connectivity index (χ1n) is 7.68. The zero-order chi connectivity index (χ0) is 15.4. The van der Waals surface area contributed by atoms with Crippen LogP contribution in [0.1, 0.15) is 31.4 Å². The minimum Gasteiger partial charge on any atom is -0.473 e. The number of amides is 2. The molecule has 0 aliphatic carbocycles. The number of likely N-dealkylation sites (tertiary alicyclic amines) is 1. The largest absolute Gasteiger partial charge is 0.473 e. The van der Waals surface area contributed by atoms with Gasteiger partial charge >= 0.3 is 6.03 Å². The highest BCUT2D eigenvalue weighted by molar-refractivity contribution is 5.74. The number of carbonyl (C=O) groups excluding carboxylic acids is 1. The molecule has 0 aromatic heterocycles. The van der Waals surface area contributed by atoms with E-state index in [1.165, 1.54) is 12.0 Å². The summed E-state index contributed by atoms with van der Waals surface area (Å²) in [5, 5.41) is 2.85. The molecule has 2 amide bonds. The molecule has 2 unspecified atom stereocenters. The molecule has 21 heavy (non-hydrogen) atoms. The number of urea groups is 1. The lowest BCUT2D eigenvalue weighted by molar-refractivity contribution is 0.139. The van der Waals surface area contributed by atoms with Crippen LogP contribution in [0.25, 0.3) is 0 Å². The van der Waals surface area contributed by atoms with Gasteiger partial charge in [0, 0.05) is 13.1 Å². The van der Waals surface area contributed by atoms with E-state index in [1.807, 2.05) is 24.0 Å². The monoisotopic (exact) mass is 290 g/mol. The molecule has 4 nitrogen and oxygen atoms in total. The second-order valence-electron chi connectivity index (χ2n) is 6.39. The number of ether oxygens (including phenoxy) is 1. The van der Waals surface area contributed by atoms with Gasteiger partial charge < -0.3 is 15.0 Å². The lowest BCUT2D eigenvalue weighted by Crippen LogP contribution is -2.48. The molecule has 1 aromatic rings. The van der Waals surface area contributed by atoms with E-state index in [0.717, 1.165) is 24.4 Å². The molecule has 1 N–H and O–H groups in total. The van der Waals surface area contributed by atoms with Crippen LogP contribution < -0.4 is 10.1 Å². The molecule has 0 bridgehead atoms. The summed E-state index contributed by atoms with van der Waals surface area (Å²) in [6, 6.07) is 6.00. The molecule has 1 heterocycles. The summed E-state index contributed by atoms with van der Waals surface area (Å²) in [6.45, 7) is 10.3. The van der Waals surface area contributed by atoms with Crippen molar-refractivity contribution in [2.75, 3.05) is 19.8 Å². The SMILES string of the molecule is Cc1ccc(OCNC(=O)N2CC(C)CC(C)C2)c(C)c1. The third-order valence-corrected chi connectivity index (χ3v) is 3.94. The predicted molar refractivity (Wildman–Crippen MR) is 84.5 cm³/mol. The number of hydrogen-bond acceptors (Lipinski definition) is 2. The highest BCUT2D eigenvalue weighted by Gasteiger charge is 2.25. The topological polar surface area (TPSA) is 41.6 Å². The van der Waals surface area contributed by atoms with Crippen molar-refractivity contribution in [2.24, 2.45) is 11.8 Å². The van der Waals surface area contributed by atoms with Gasteiger partial charge in [-0.1, -0.05) is 31.5 Å². The van der Waals surface area contributed by atoms with E-state index < -0.39 is 0 Å². The summed E-state index contributed by atoms with van der Waals surface area (Å²) in [5.41, 5.74) is 2.30. The van der Waals surface area contributed by atoms with Crippen molar-refractivity contribution < 1.29 is 9.53 Å². The van der Waals surface area contributed by atoms with Crippen molar-refractivity contribution in [2.45, 2.75) is 34.1 Å². The first kappa shape index (κ1) is 15.7. The maximum atomic E-state index is 12.2. The Morgan fingerprint density at radius 3 is 2.57 bits per heavy atom. The molecule has 2 atom stereocenters. The van der Waals surface area contributed by atoms with E-state index in [0.29, 0.717) is 11.8 Å². The molecule has 0 radical (unpaired) electrons. The van der Waals surface area contributed by atoms with Crippen LogP contribution in [0.5, 0.6) is 5.75 Å². The smallest absolute Gasteiger partial charge is 0.320 e. The van der Waals surface area contributed by atoms with Gasteiger partial charge in [-0.3, -0.25) is 0 Å². The molecule has 0 saturated carbocycles. The number of carbonyl (C=O) groups is 1. The lowest BCUT2D eigenvalue weighted by Gasteiger charge is -2.34. The van der Waals surface area contributed by atoms with Crippen LogP contribution in [-0.4, -0.2) is 30.8 Å². The highest BCUT2D eigenvalue weighted by Crippen LogP contribution is 2.21. The Balaban J connectivity index is 1.81. The van der Waals surface area contributed by atoms with Gasteiger partial charge in [0.05, 0.1) is 0 Å². The number of piperidine rings is 1. The number of hydrogen-bond donors (Lipinski definition) is 1. The summed E-state index contributed by atoms with van der Waals surface area (Å²) < 4.78 is 5.65. The molecule has 4 heteroatoms. The predicted octanol–water partition coefficient (Wildman–Crippen LogP) is 3.33. The molecule has 116 valence electrons.